The lowest BCUT2D eigenvalue weighted by atomic mass is 10.0. The first-order valence-corrected chi connectivity index (χ1v) is 7.17. The standard InChI is InChI=1S/C15H28N4/c1-10(2)8-19(12(5)6)15-13(11(3)4)14(16-7)17-9-18-15/h9-12H,8H2,1-7H3,(H,16,17,18). The molecule has 0 radical (unpaired) electrons. The summed E-state index contributed by atoms with van der Waals surface area (Å²) < 4.78 is 0. The van der Waals surface area contributed by atoms with E-state index < -0.39 is 0 Å². The molecule has 0 atom stereocenters. The molecule has 1 aromatic rings. The quantitative estimate of drug-likeness (QED) is 0.853. The molecule has 1 heterocycles. The van der Waals surface area contributed by atoms with Crippen molar-refractivity contribution in [2.45, 2.75) is 53.5 Å². The van der Waals surface area contributed by atoms with Crippen LogP contribution in [-0.4, -0.2) is 29.6 Å². The highest BCUT2D eigenvalue weighted by atomic mass is 15.2. The van der Waals surface area contributed by atoms with Crippen molar-refractivity contribution in [3.05, 3.63) is 11.9 Å². The van der Waals surface area contributed by atoms with E-state index in [-0.39, 0.29) is 0 Å². The van der Waals surface area contributed by atoms with E-state index in [1.54, 1.807) is 6.33 Å². The average molecular weight is 264 g/mol. The van der Waals surface area contributed by atoms with E-state index >= 15 is 0 Å². The molecule has 0 bridgehead atoms. The third-order valence-electron chi connectivity index (χ3n) is 3.13. The van der Waals surface area contributed by atoms with E-state index in [4.69, 9.17) is 0 Å². The predicted octanol–water partition coefficient (Wildman–Crippen LogP) is 3.51. The molecule has 0 aliphatic rings. The largest absolute Gasteiger partial charge is 0.373 e. The lowest BCUT2D eigenvalue weighted by Crippen LogP contribution is -2.36. The summed E-state index contributed by atoms with van der Waals surface area (Å²) in [5.74, 6) is 3.01. The van der Waals surface area contributed by atoms with Crippen LogP contribution >= 0.6 is 0 Å². The summed E-state index contributed by atoms with van der Waals surface area (Å²) >= 11 is 0. The summed E-state index contributed by atoms with van der Waals surface area (Å²) in [4.78, 5) is 11.3. The van der Waals surface area contributed by atoms with Crippen molar-refractivity contribution >= 4 is 11.6 Å². The van der Waals surface area contributed by atoms with Crippen molar-refractivity contribution in [1.82, 2.24) is 9.97 Å². The number of anilines is 2. The SMILES string of the molecule is CNc1ncnc(N(CC(C)C)C(C)C)c1C(C)C. The van der Waals surface area contributed by atoms with Crippen molar-refractivity contribution in [3.63, 3.8) is 0 Å². The average Bonchev–Trinajstić information content (AvgIpc) is 2.34. The van der Waals surface area contributed by atoms with E-state index in [9.17, 15) is 0 Å². The Bertz CT molecular complexity index is 399. The smallest absolute Gasteiger partial charge is 0.137 e. The van der Waals surface area contributed by atoms with Gasteiger partial charge in [0.1, 0.15) is 18.0 Å². The summed E-state index contributed by atoms with van der Waals surface area (Å²) in [6, 6.07) is 0.430. The lowest BCUT2D eigenvalue weighted by molar-refractivity contribution is 0.562. The third kappa shape index (κ3) is 3.82. The fourth-order valence-electron chi connectivity index (χ4n) is 2.28. The first kappa shape index (κ1) is 15.7. The van der Waals surface area contributed by atoms with Crippen molar-refractivity contribution in [2.24, 2.45) is 5.92 Å². The van der Waals surface area contributed by atoms with Crippen molar-refractivity contribution in [3.8, 4) is 0 Å². The number of nitrogens with zero attached hydrogens (tertiary/aromatic N) is 3. The minimum absolute atomic E-state index is 0.395. The zero-order chi connectivity index (χ0) is 14.6. The van der Waals surface area contributed by atoms with Crippen molar-refractivity contribution < 1.29 is 0 Å². The van der Waals surface area contributed by atoms with Gasteiger partial charge in [-0.1, -0.05) is 27.7 Å². The first-order valence-electron chi connectivity index (χ1n) is 7.17. The van der Waals surface area contributed by atoms with Gasteiger partial charge in [0.05, 0.1) is 0 Å². The van der Waals surface area contributed by atoms with Gasteiger partial charge in [0, 0.05) is 25.2 Å². The summed E-state index contributed by atoms with van der Waals surface area (Å²) in [6.45, 7) is 14.3. The molecule has 1 N–H and O–H groups in total. The second-order valence-corrected chi connectivity index (χ2v) is 6.00. The number of rotatable bonds is 6. The molecule has 0 amide bonds. The molecular weight excluding hydrogens is 236 g/mol. The van der Waals surface area contributed by atoms with Gasteiger partial charge in [-0.15, -0.1) is 0 Å². The van der Waals surface area contributed by atoms with Gasteiger partial charge in [-0.2, -0.15) is 0 Å². The zero-order valence-corrected chi connectivity index (χ0v) is 13.4. The number of hydrogen-bond donors (Lipinski definition) is 1. The van der Waals surface area contributed by atoms with E-state index in [0.29, 0.717) is 17.9 Å². The predicted molar refractivity (Wildman–Crippen MR) is 83.0 cm³/mol. The minimum Gasteiger partial charge on any atom is -0.373 e. The number of hydrogen-bond acceptors (Lipinski definition) is 4. The zero-order valence-electron chi connectivity index (χ0n) is 13.4. The van der Waals surface area contributed by atoms with Crippen molar-refractivity contribution in [1.29, 1.82) is 0 Å². The Balaban J connectivity index is 3.29. The Morgan fingerprint density at radius 1 is 1.11 bits per heavy atom. The molecule has 1 aromatic heterocycles. The normalized spacial score (nSPS) is 11.5. The topological polar surface area (TPSA) is 41.1 Å². The van der Waals surface area contributed by atoms with Crippen molar-refractivity contribution in [2.75, 3.05) is 23.8 Å². The van der Waals surface area contributed by atoms with Crippen LogP contribution in [0.3, 0.4) is 0 Å². The Hall–Kier alpha value is -1.32. The first-order chi connectivity index (χ1) is 8.88. The molecule has 0 saturated heterocycles. The number of nitrogens with one attached hydrogen (secondary N) is 1. The third-order valence-corrected chi connectivity index (χ3v) is 3.13. The highest BCUT2D eigenvalue weighted by molar-refractivity contribution is 5.60. The maximum Gasteiger partial charge on any atom is 0.137 e. The molecule has 0 fully saturated rings. The van der Waals surface area contributed by atoms with Gasteiger partial charge in [-0.3, -0.25) is 0 Å². The summed E-state index contributed by atoms with van der Waals surface area (Å²) in [5, 5.41) is 3.19. The maximum atomic E-state index is 4.56. The van der Waals surface area contributed by atoms with E-state index in [2.05, 4.69) is 61.7 Å². The molecule has 108 valence electrons. The van der Waals surface area contributed by atoms with Crippen LogP contribution in [0.15, 0.2) is 6.33 Å². The lowest BCUT2D eigenvalue weighted by Gasteiger charge is -2.32. The monoisotopic (exact) mass is 264 g/mol. The van der Waals surface area contributed by atoms with Gasteiger partial charge in [0.25, 0.3) is 0 Å². The van der Waals surface area contributed by atoms with Crippen LogP contribution < -0.4 is 10.2 Å². The summed E-state index contributed by atoms with van der Waals surface area (Å²) in [5.41, 5.74) is 1.21. The van der Waals surface area contributed by atoms with Crippen LogP contribution in [0, 0.1) is 5.92 Å². The van der Waals surface area contributed by atoms with Gasteiger partial charge in [-0.05, 0) is 25.7 Å². The second kappa shape index (κ2) is 6.73. The molecule has 4 heteroatoms. The highest BCUT2D eigenvalue weighted by Gasteiger charge is 2.21. The summed E-state index contributed by atoms with van der Waals surface area (Å²) in [6.07, 6.45) is 1.66. The fourth-order valence-corrected chi connectivity index (χ4v) is 2.28. The molecular formula is C15H28N4. The molecule has 0 unspecified atom stereocenters. The Kier molecular flexibility index (Phi) is 5.58. The summed E-state index contributed by atoms with van der Waals surface area (Å²) in [7, 11) is 1.92. The molecule has 4 nitrogen and oxygen atoms in total. The van der Waals surface area contributed by atoms with Crippen LogP contribution in [0.25, 0.3) is 0 Å². The minimum atomic E-state index is 0.395. The molecule has 0 spiro atoms. The molecule has 0 aliphatic heterocycles. The van der Waals surface area contributed by atoms with Crippen LogP contribution in [0.5, 0.6) is 0 Å². The van der Waals surface area contributed by atoms with Crippen LogP contribution in [0.2, 0.25) is 0 Å². The van der Waals surface area contributed by atoms with E-state index in [1.807, 2.05) is 7.05 Å². The molecule has 0 aromatic carbocycles. The highest BCUT2D eigenvalue weighted by Crippen LogP contribution is 2.31. The number of aromatic nitrogens is 2. The Labute approximate surface area is 117 Å². The van der Waals surface area contributed by atoms with Gasteiger partial charge in [0.2, 0.25) is 0 Å². The Morgan fingerprint density at radius 2 is 1.74 bits per heavy atom. The molecule has 0 aliphatic carbocycles. The molecule has 1 rings (SSSR count). The second-order valence-electron chi connectivity index (χ2n) is 6.00. The molecule has 0 saturated carbocycles. The van der Waals surface area contributed by atoms with Crippen LogP contribution in [0.1, 0.15) is 53.0 Å². The maximum absolute atomic E-state index is 4.56. The van der Waals surface area contributed by atoms with Gasteiger partial charge >= 0.3 is 0 Å². The fraction of sp³-hybridized carbons (Fsp3) is 0.733. The van der Waals surface area contributed by atoms with Gasteiger partial charge < -0.3 is 10.2 Å². The van der Waals surface area contributed by atoms with Crippen LogP contribution in [0.4, 0.5) is 11.6 Å². The van der Waals surface area contributed by atoms with Crippen LogP contribution in [-0.2, 0) is 0 Å². The van der Waals surface area contributed by atoms with Gasteiger partial charge in [-0.25, -0.2) is 9.97 Å². The van der Waals surface area contributed by atoms with Gasteiger partial charge in [0.15, 0.2) is 0 Å². The Morgan fingerprint density at radius 3 is 2.16 bits per heavy atom. The van der Waals surface area contributed by atoms with E-state index in [0.717, 1.165) is 18.2 Å². The van der Waals surface area contributed by atoms with E-state index in [1.165, 1.54) is 5.56 Å². The molecule has 19 heavy (non-hydrogen) atoms.